The van der Waals surface area contributed by atoms with Crippen LogP contribution in [0.25, 0.3) is 0 Å². The zero-order valence-electron chi connectivity index (χ0n) is 10.5. The fourth-order valence-electron chi connectivity index (χ4n) is 1.40. The standard InChI is InChI=1S/C12H14F3N3O2/c13-7-5-8(14)10(9(15)6-7)11(19)20-4-2-1-3-18-12(16)17/h5-6H,1-4H2,(H4,16,17,18). The Hall–Kier alpha value is -2.25. The average Bonchev–Trinajstić information content (AvgIpc) is 2.31. The molecule has 20 heavy (non-hydrogen) atoms. The van der Waals surface area contributed by atoms with E-state index in [1.807, 2.05) is 0 Å². The van der Waals surface area contributed by atoms with Gasteiger partial charge in [0.15, 0.2) is 5.96 Å². The van der Waals surface area contributed by atoms with E-state index in [-0.39, 0.29) is 12.6 Å². The van der Waals surface area contributed by atoms with Gasteiger partial charge in [-0.2, -0.15) is 0 Å². The van der Waals surface area contributed by atoms with Gasteiger partial charge in [0.2, 0.25) is 0 Å². The van der Waals surface area contributed by atoms with Crippen molar-refractivity contribution < 1.29 is 22.7 Å². The SMILES string of the molecule is NC(N)=NCCCCOC(=O)c1c(F)cc(F)cc1F. The van der Waals surface area contributed by atoms with Gasteiger partial charge in [0.1, 0.15) is 23.0 Å². The first kappa shape index (κ1) is 15.8. The number of carbonyl (C=O) groups excluding carboxylic acids is 1. The lowest BCUT2D eigenvalue weighted by atomic mass is 10.2. The van der Waals surface area contributed by atoms with E-state index in [2.05, 4.69) is 9.73 Å². The third-order valence-corrected chi connectivity index (χ3v) is 2.29. The number of hydrogen-bond donors (Lipinski definition) is 2. The maximum Gasteiger partial charge on any atom is 0.344 e. The summed E-state index contributed by atoms with van der Waals surface area (Å²) in [5.74, 6) is -4.92. The second-order valence-electron chi connectivity index (χ2n) is 3.89. The van der Waals surface area contributed by atoms with Crippen molar-refractivity contribution in [2.75, 3.05) is 13.2 Å². The van der Waals surface area contributed by atoms with Crippen LogP contribution in [0.3, 0.4) is 0 Å². The van der Waals surface area contributed by atoms with Gasteiger partial charge in [0, 0.05) is 18.7 Å². The number of halogens is 3. The largest absolute Gasteiger partial charge is 0.462 e. The second-order valence-corrected chi connectivity index (χ2v) is 3.89. The third kappa shape index (κ3) is 4.79. The number of hydrogen-bond acceptors (Lipinski definition) is 3. The van der Waals surface area contributed by atoms with Crippen LogP contribution < -0.4 is 11.5 Å². The van der Waals surface area contributed by atoms with Crippen LogP contribution in [-0.4, -0.2) is 25.1 Å². The number of aliphatic imine (C=N–C) groups is 1. The summed E-state index contributed by atoms with van der Waals surface area (Å²) in [6.07, 6.45) is 0.965. The molecule has 0 unspecified atom stereocenters. The third-order valence-electron chi connectivity index (χ3n) is 2.29. The number of esters is 1. The van der Waals surface area contributed by atoms with Crippen LogP contribution in [0, 0.1) is 17.5 Å². The highest BCUT2D eigenvalue weighted by atomic mass is 19.1. The average molecular weight is 289 g/mol. The maximum atomic E-state index is 13.3. The molecule has 110 valence electrons. The van der Waals surface area contributed by atoms with Gasteiger partial charge in [0.25, 0.3) is 0 Å². The van der Waals surface area contributed by atoms with Crippen LogP contribution in [0.4, 0.5) is 13.2 Å². The molecule has 0 fully saturated rings. The van der Waals surface area contributed by atoms with E-state index in [9.17, 15) is 18.0 Å². The summed E-state index contributed by atoms with van der Waals surface area (Å²) in [6.45, 7) is 0.314. The van der Waals surface area contributed by atoms with Gasteiger partial charge in [-0.3, -0.25) is 4.99 Å². The highest BCUT2D eigenvalue weighted by Gasteiger charge is 2.20. The molecule has 0 radical (unpaired) electrons. The van der Waals surface area contributed by atoms with E-state index in [1.54, 1.807) is 0 Å². The number of nitrogens with zero attached hydrogens (tertiary/aromatic N) is 1. The number of guanidine groups is 1. The van der Waals surface area contributed by atoms with Crippen molar-refractivity contribution in [2.24, 2.45) is 16.5 Å². The fraction of sp³-hybridized carbons (Fsp3) is 0.333. The molecule has 0 bridgehead atoms. The zero-order valence-corrected chi connectivity index (χ0v) is 10.5. The highest BCUT2D eigenvalue weighted by Crippen LogP contribution is 2.15. The van der Waals surface area contributed by atoms with Gasteiger partial charge < -0.3 is 16.2 Å². The van der Waals surface area contributed by atoms with E-state index >= 15 is 0 Å². The van der Waals surface area contributed by atoms with Gasteiger partial charge in [-0.25, -0.2) is 18.0 Å². The van der Waals surface area contributed by atoms with Crippen LogP contribution in [0.1, 0.15) is 23.2 Å². The Kier molecular flexibility index (Phi) is 5.82. The zero-order chi connectivity index (χ0) is 15.1. The van der Waals surface area contributed by atoms with E-state index in [0.717, 1.165) is 0 Å². The Morgan fingerprint density at radius 1 is 1.15 bits per heavy atom. The van der Waals surface area contributed by atoms with Crippen molar-refractivity contribution in [2.45, 2.75) is 12.8 Å². The Bertz CT molecular complexity index is 494. The van der Waals surface area contributed by atoms with Crippen molar-refractivity contribution in [3.05, 3.63) is 35.1 Å². The summed E-state index contributed by atoms with van der Waals surface area (Å²) in [7, 11) is 0. The number of rotatable bonds is 6. The maximum absolute atomic E-state index is 13.3. The van der Waals surface area contributed by atoms with E-state index in [1.165, 1.54) is 0 Å². The van der Waals surface area contributed by atoms with Crippen molar-refractivity contribution in [1.29, 1.82) is 0 Å². The van der Waals surface area contributed by atoms with Crippen LogP contribution in [0.15, 0.2) is 17.1 Å². The van der Waals surface area contributed by atoms with Crippen molar-refractivity contribution in [3.63, 3.8) is 0 Å². The van der Waals surface area contributed by atoms with Gasteiger partial charge >= 0.3 is 5.97 Å². The topological polar surface area (TPSA) is 90.7 Å². The molecule has 0 aliphatic carbocycles. The normalized spacial score (nSPS) is 10.2. The number of benzene rings is 1. The summed E-state index contributed by atoms with van der Waals surface area (Å²) in [4.78, 5) is 15.2. The lowest BCUT2D eigenvalue weighted by Crippen LogP contribution is -2.23. The van der Waals surface area contributed by atoms with Gasteiger partial charge in [0.05, 0.1) is 6.61 Å². The predicted octanol–water partition coefficient (Wildman–Crippen LogP) is 1.31. The molecule has 0 heterocycles. The van der Waals surface area contributed by atoms with Crippen LogP contribution in [0.2, 0.25) is 0 Å². The molecule has 0 aliphatic heterocycles. The quantitative estimate of drug-likeness (QED) is 0.357. The van der Waals surface area contributed by atoms with Gasteiger partial charge in [-0.05, 0) is 12.8 Å². The number of ether oxygens (including phenoxy) is 1. The Morgan fingerprint density at radius 2 is 1.75 bits per heavy atom. The molecule has 8 heteroatoms. The summed E-state index contributed by atoms with van der Waals surface area (Å²) >= 11 is 0. The molecule has 4 N–H and O–H groups in total. The number of carbonyl (C=O) groups is 1. The minimum Gasteiger partial charge on any atom is -0.462 e. The van der Waals surface area contributed by atoms with Crippen LogP contribution in [-0.2, 0) is 4.74 Å². The molecular formula is C12H14F3N3O2. The van der Waals surface area contributed by atoms with Gasteiger partial charge in [-0.15, -0.1) is 0 Å². The number of unbranched alkanes of at least 4 members (excludes halogenated alkanes) is 1. The van der Waals surface area contributed by atoms with Gasteiger partial charge in [-0.1, -0.05) is 0 Å². The first-order chi connectivity index (χ1) is 9.41. The molecular weight excluding hydrogens is 275 g/mol. The lowest BCUT2D eigenvalue weighted by molar-refractivity contribution is 0.0487. The highest BCUT2D eigenvalue weighted by molar-refractivity contribution is 5.90. The molecule has 0 aromatic heterocycles. The molecule has 5 nitrogen and oxygen atoms in total. The van der Waals surface area contributed by atoms with Crippen molar-refractivity contribution >= 4 is 11.9 Å². The van der Waals surface area contributed by atoms with Crippen LogP contribution >= 0.6 is 0 Å². The number of nitrogens with two attached hydrogens (primary N) is 2. The van der Waals surface area contributed by atoms with Crippen molar-refractivity contribution in [3.8, 4) is 0 Å². The first-order valence-electron chi connectivity index (χ1n) is 5.79. The molecule has 0 saturated heterocycles. The monoisotopic (exact) mass is 289 g/mol. The Labute approximate surface area is 113 Å². The molecule has 0 saturated carbocycles. The predicted molar refractivity (Wildman–Crippen MR) is 66.5 cm³/mol. The van der Waals surface area contributed by atoms with Crippen molar-refractivity contribution in [1.82, 2.24) is 0 Å². The molecule has 0 atom stereocenters. The molecule has 1 rings (SSSR count). The fourth-order valence-corrected chi connectivity index (χ4v) is 1.40. The molecule has 0 amide bonds. The summed E-state index contributed by atoms with van der Waals surface area (Å²) < 4.78 is 43.9. The van der Waals surface area contributed by atoms with E-state index in [0.29, 0.717) is 31.5 Å². The second kappa shape index (κ2) is 7.37. The van der Waals surface area contributed by atoms with E-state index in [4.69, 9.17) is 11.5 Å². The molecule has 0 aliphatic rings. The summed E-state index contributed by atoms with van der Waals surface area (Å²) in [6, 6.07) is 0.830. The molecule has 1 aromatic rings. The smallest absolute Gasteiger partial charge is 0.344 e. The Morgan fingerprint density at radius 3 is 2.30 bits per heavy atom. The van der Waals surface area contributed by atoms with E-state index < -0.39 is 29.0 Å². The lowest BCUT2D eigenvalue weighted by Gasteiger charge is -2.06. The minimum atomic E-state index is -1.30. The summed E-state index contributed by atoms with van der Waals surface area (Å²) in [5, 5.41) is 0. The minimum absolute atomic E-state index is 0.0440. The molecule has 0 spiro atoms. The molecule has 1 aromatic carbocycles. The first-order valence-corrected chi connectivity index (χ1v) is 5.79. The van der Waals surface area contributed by atoms with Crippen LogP contribution in [0.5, 0.6) is 0 Å². The summed E-state index contributed by atoms with van der Waals surface area (Å²) in [5.41, 5.74) is 9.30. The Balaban J connectivity index is 2.46.